The monoisotopic (exact) mass is 409 g/mol. The maximum Gasteiger partial charge on any atom is 0.429 e. The fourth-order valence-corrected chi connectivity index (χ4v) is 2.57. The van der Waals surface area contributed by atoms with Gasteiger partial charge < -0.3 is 19.5 Å². The number of hydrogen-bond donors (Lipinski definition) is 2. The molecule has 2 atom stereocenters. The van der Waals surface area contributed by atoms with Gasteiger partial charge in [-0.1, -0.05) is 12.1 Å². The van der Waals surface area contributed by atoms with Crippen molar-refractivity contribution in [2.24, 2.45) is 0 Å². The molecule has 0 aliphatic rings. The Kier molecular flexibility index (Phi) is 9.24. The van der Waals surface area contributed by atoms with E-state index in [9.17, 15) is 14.4 Å². The topological polar surface area (TPSA) is 106 Å². The van der Waals surface area contributed by atoms with Crippen LogP contribution in [0.25, 0.3) is 0 Å². The summed E-state index contributed by atoms with van der Waals surface area (Å²) in [5, 5.41) is 3.84. The van der Waals surface area contributed by atoms with Crippen molar-refractivity contribution in [3.63, 3.8) is 0 Å². The van der Waals surface area contributed by atoms with Gasteiger partial charge in [-0.05, 0) is 52.3 Å². The molecule has 0 saturated heterocycles. The van der Waals surface area contributed by atoms with Gasteiger partial charge >= 0.3 is 12.2 Å². The number of hydrazine groups is 1. The third-order valence-electron chi connectivity index (χ3n) is 3.81. The lowest BCUT2D eigenvalue weighted by atomic mass is 9.99. The molecule has 0 aliphatic heterocycles. The van der Waals surface area contributed by atoms with E-state index in [1.807, 2.05) is 0 Å². The van der Waals surface area contributed by atoms with Crippen LogP contribution in [0.1, 0.15) is 53.1 Å². The first-order chi connectivity index (χ1) is 13.5. The van der Waals surface area contributed by atoms with Crippen molar-refractivity contribution >= 4 is 18.1 Å². The molecule has 0 aromatic heterocycles. The molecule has 0 unspecified atom stereocenters. The molecule has 2 N–H and O–H groups in total. The molecule has 0 saturated carbocycles. The fourth-order valence-electron chi connectivity index (χ4n) is 2.57. The number of methoxy groups -OCH3 is 1. The van der Waals surface area contributed by atoms with E-state index in [1.54, 1.807) is 66.0 Å². The summed E-state index contributed by atoms with van der Waals surface area (Å²) in [6.45, 7) is 9.83. The van der Waals surface area contributed by atoms with Crippen LogP contribution in [-0.4, -0.2) is 48.5 Å². The lowest BCUT2D eigenvalue weighted by molar-refractivity contribution is -0.120. The number of amides is 3. The van der Waals surface area contributed by atoms with Gasteiger partial charge in [0.25, 0.3) is 0 Å². The van der Waals surface area contributed by atoms with Crippen LogP contribution in [0, 0.1) is 0 Å². The first-order valence-corrected chi connectivity index (χ1v) is 9.43. The van der Waals surface area contributed by atoms with Crippen molar-refractivity contribution in [3.8, 4) is 5.75 Å². The van der Waals surface area contributed by atoms with Gasteiger partial charge in [0.2, 0.25) is 5.91 Å². The second-order valence-electron chi connectivity index (χ2n) is 7.06. The quantitative estimate of drug-likeness (QED) is 0.670. The van der Waals surface area contributed by atoms with E-state index in [0.717, 1.165) is 10.6 Å². The van der Waals surface area contributed by atoms with Crippen molar-refractivity contribution in [3.05, 3.63) is 29.8 Å². The molecule has 3 amide bonds. The summed E-state index contributed by atoms with van der Waals surface area (Å²) >= 11 is 0. The molecule has 0 heterocycles. The van der Waals surface area contributed by atoms with E-state index < -0.39 is 30.4 Å². The van der Waals surface area contributed by atoms with Gasteiger partial charge in [-0.25, -0.2) is 20.0 Å². The minimum atomic E-state index is -0.802. The third kappa shape index (κ3) is 7.89. The van der Waals surface area contributed by atoms with Gasteiger partial charge in [0.05, 0.1) is 31.4 Å². The first kappa shape index (κ1) is 24.1. The zero-order valence-corrected chi connectivity index (χ0v) is 18.0. The van der Waals surface area contributed by atoms with Crippen LogP contribution in [0.15, 0.2) is 24.3 Å². The Morgan fingerprint density at radius 2 is 1.48 bits per heavy atom. The largest absolute Gasteiger partial charge is 0.497 e. The van der Waals surface area contributed by atoms with Crippen molar-refractivity contribution in [1.82, 2.24) is 15.8 Å². The minimum absolute atomic E-state index is 0.292. The molecule has 0 aliphatic carbocycles. The van der Waals surface area contributed by atoms with Crippen LogP contribution in [-0.2, 0) is 14.3 Å². The molecule has 0 spiro atoms. The molecular weight excluding hydrogens is 378 g/mol. The molecule has 9 nitrogen and oxygen atoms in total. The Morgan fingerprint density at radius 3 is 1.93 bits per heavy atom. The van der Waals surface area contributed by atoms with Gasteiger partial charge in [0.1, 0.15) is 5.75 Å². The van der Waals surface area contributed by atoms with E-state index in [0.29, 0.717) is 5.75 Å². The van der Waals surface area contributed by atoms with Gasteiger partial charge in [-0.15, -0.1) is 0 Å². The minimum Gasteiger partial charge on any atom is -0.497 e. The Hall–Kier alpha value is -2.97. The lowest BCUT2D eigenvalue weighted by Gasteiger charge is -2.34. The smallest absolute Gasteiger partial charge is 0.429 e. The Balaban J connectivity index is 3.21. The number of ether oxygens (including phenoxy) is 3. The van der Waals surface area contributed by atoms with Crippen molar-refractivity contribution < 1.29 is 28.6 Å². The molecule has 0 bridgehead atoms. The zero-order valence-electron chi connectivity index (χ0n) is 18.0. The average Bonchev–Trinajstić information content (AvgIpc) is 2.62. The van der Waals surface area contributed by atoms with Crippen LogP contribution in [0.3, 0.4) is 0 Å². The Labute approximate surface area is 171 Å². The number of carbonyl (C=O) groups is 3. The van der Waals surface area contributed by atoms with Gasteiger partial charge in [0, 0.05) is 6.92 Å². The summed E-state index contributed by atoms with van der Waals surface area (Å²) in [4.78, 5) is 36.6. The number of nitrogens with one attached hydrogen (secondary N) is 2. The second kappa shape index (κ2) is 11.1. The predicted octanol–water partition coefficient (Wildman–Crippen LogP) is 3.16. The van der Waals surface area contributed by atoms with Crippen LogP contribution in [0.4, 0.5) is 9.59 Å². The Bertz CT molecular complexity index is 690. The van der Waals surface area contributed by atoms with Crippen LogP contribution < -0.4 is 15.5 Å². The summed E-state index contributed by atoms with van der Waals surface area (Å²) in [6, 6.07) is 5.71. The molecule has 1 aromatic rings. The highest BCUT2D eigenvalue weighted by Gasteiger charge is 2.32. The Morgan fingerprint density at radius 1 is 0.931 bits per heavy atom. The van der Waals surface area contributed by atoms with Crippen molar-refractivity contribution in [2.45, 2.75) is 65.8 Å². The number of rotatable bonds is 7. The molecule has 0 radical (unpaired) electrons. The molecule has 29 heavy (non-hydrogen) atoms. The summed E-state index contributed by atoms with van der Waals surface area (Å²) in [5.74, 6) is 0.359. The van der Waals surface area contributed by atoms with Crippen molar-refractivity contribution in [2.75, 3.05) is 7.11 Å². The predicted molar refractivity (Wildman–Crippen MR) is 107 cm³/mol. The van der Waals surface area contributed by atoms with E-state index >= 15 is 0 Å². The number of hydrogen-bond acceptors (Lipinski definition) is 6. The van der Waals surface area contributed by atoms with E-state index in [-0.39, 0.29) is 12.0 Å². The maximum atomic E-state index is 12.6. The summed E-state index contributed by atoms with van der Waals surface area (Å²) < 4.78 is 15.5. The standard InChI is InChI=1S/C20H31N3O6/c1-12(2)28-19(25)22-23(20(26)29-13(3)4)14(5)18(21-15(6)24)16-8-10-17(27-7)11-9-16/h8-14,18H,1-7H3,(H,21,24)(H,22,25)/t14-,18+/m0/s1. The number of benzene rings is 1. The van der Waals surface area contributed by atoms with E-state index in [1.165, 1.54) is 6.92 Å². The molecular formula is C20H31N3O6. The molecule has 0 fully saturated rings. The number of carbonyl (C=O) groups excluding carboxylic acids is 3. The normalized spacial score (nSPS) is 12.7. The lowest BCUT2D eigenvalue weighted by Crippen LogP contribution is -2.56. The maximum absolute atomic E-state index is 12.6. The van der Waals surface area contributed by atoms with E-state index in [4.69, 9.17) is 14.2 Å². The van der Waals surface area contributed by atoms with Gasteiger partial charge in [0.15, 0.2) is 0 Å². The second-order valence-corrected chi connectivity index (χ2v) is 7.06. The molecule has 1 rings (SSSR count). The van der Waals surface area contributed by atoms with Crippen LogP contribution in [0.2, 0.25) is 0 Å². The summed E-state index contributed by atoms with van der Waals surface area (Å²) in [6.07, 6.45) is -2.35. The van der Waals surface area contributed by atoms with E-state index in [2.05, 4.69) is 10.7 Å². The first-order valence-electron chi connectivity index (χ1n) is 9.43. The molecule has 162 valence electrons. The van der Waals surface area contributed by atoms with Crippen LogP contribution >= 0.6 is 0 Å². The van der Waals surface area contributed by atoms with Gasteiger partial charge in [-0.3, -0.25) is 4.79 Å². The average molecular weight is 409 g/mol. The fraction of sp³-hybridized carbons (Fsp3) is 0.550. The SMILES string of the molecule is COc1ccc([C@H](NC(C)=O)[C@H](C)N(NC(=O)OC(C)C)C(=O)OC(C)C)cc1. The summed E-state index contributed by atoms with van der Waals surface area (Å²) in [5.41, 5.74) is 3.14. The highest BCUT2D eigenvalue weighted by molar-refractivity contribution is 5.75. The zero-order chi connectivity index (χ0) is 22.1. The van der Waals surface area contributed by atoms with Gasteiger partial charge in [-0.2, -0.15) is 0 Å². The highest BCUT2D eigenvalue weighted by Crippen LogP contribution is 2.24. The number of nitrogens with zero attached hydrogens (tertiary/aromatic N) is 1. The van der Waals surface area contributed by atoms with Crippen molar-refractivity contribution in [1.29, 1.82) is 0 Å². The third-order valence-corrected chi connectivity index (χ3v) is 3.81. The van der Waals surface area contributed by atoms with Crippen LogP contribution in [0.5, 0.6) is 5.75 Å². The summed E-state index contributed by atoms with van der Waals surface area (Å²) in [7, 11) is 1.55. The molecule has 9 heteroatoms. The molecule has 1 aromatic carbocycles. The highest BCUT2D eigenvalue weighted by atomic mass is 16.6.